The Morgan fingerprint density at radius 1 is 1.47 bits per heavy atom. The van der Waals surface area contributed by atoms with Crippen molar-refractivity contribution in [1.82, 2.24) is 0 Å². The molecule has 3 nitrogen and oxygen atoms in total. The highest BCUT2D eigenvalue weighted by atomic mass is 16.4. The van der Waals surface area contributed by atoms with Crippen molar-refractivity contribution in [2.24, 2.45) is 5.92 Å². The van der Waals surface area contributed by atoms with Crippen LogP contribution >= 0.6 is 0 Å². The molecule has 0 heterocycles. The number of rotatable bonds is 4. The highest BCUT2D eigenvalue weighted by Gasteiger charge is 2.47. The molecule has 17 heavy (non-hydrogen) atoms. The van der Waals surface area contributed by atoms with E-state index in [2.05, 4.69) is 6.92 Å². The molecule has 0 atom stereocenters. The van der Waals surface area contributed by atoms with Crippen LogP contribution in [0.2, 0.25) is 0 Å². The van der Waals surface area contributed by atoms with Gasteiger partial charge in [0, 0.05) is 0 Å². The van der Waals surface area contributed by atoms with Crippen molar-refractivity contribution in [3.63, 3.8) is 0 Å². The Labute approximate surface area is 101 Å². The summed E-state index contributed by atoms with van der Waals surface area (Å²) < 4.78 is 0. The minimum Gasteiger partial charge on any atom is -0.481 e. The summed E-state index contributed by atoms with van der Waals surface area (Å²) in [5, 5.41) is 19.2. The highest BCUT2D eigenvalue weighted by molar-refractivity contribution is 5.71. The molecule has 2 rings (SSSR count). The average molecular weight is 234 g/mol. The molecule has 0 radical (unpaired) electrons. The van der Waals surface area contributed by atoms with Gasteiger partial charge < -0.3 is 10.2 Å². The van der Waals surface area contributed by atoms with Gasteiger partial charge in [0.15, 0.2) is 0 Å². The molecule has 0 unspecified atom stereocenters. The van der Waals surface area contributed by atoms with E-state index in [0.29, 0.717) is 12.8 Å². The van der Waals surface area contributed by atoms with Crippen LogP contribution in [-0.2, 0) is 16.8 Å². The standard InChI is InChI=1S/C14H18O3/c1-2-4-10-5-3-6-12(7-10)14(17)8-11(9-14)13(15)16/h3,5-7,11,17H,2,4,8-9H2,1H3,(H,15,16). The first-order valence-corrected chi connectivity index (χ1v) is 6.10. The third-order valence-electron chi connectivity index (χ3n) is 3.52. The van der Waals surface area contributed by atoms with Crippen LogP contribution in [0, 0.1) is 5.92 Å². The molecule has 2 N–H and O–H groups in total. The Bertz CT molecular complexity index is 419. The number of carboxylic acids is 1. The summed E-state index contributed by atoms with van der Waals surface area (Å²) in [6.07, 6.45) is 2.72. The van der Waals surface area contributed by atoms with E-state index in [-0.39, 0.29) is 0 Å². The molecule has 1 aliphatic rings. The number of hydrogen-bond acceptors (Lipinski definition) is 2. The predicted molar refractivity (Wildman–Crippen MR) is 64.7 cm³/mol. The lowest BCUT2D eigenvalue weighted by Gasteiger charge is -2.42. The molecule has 1 aromatic carbocycles. The molecule has 3 heteroatoms. The number of benzene rings is 1. The third-order valence-corrected chi connectivity index (χ3v) is 3.52. The fourth-order valence-corrected chi connectivity index (χ4v) is 2.47. The van der Waals surface area contributed by atoms with E-state index in [9.17, 15) is 9.90 Å². The van der Waals surface area contributed by atoms with E-state index >= 15 is 0 Å². The maximum Gasteiger partial charge on any atom is 0.306 e. The third kappa shape index (κ3) is 2.34. The smallest absolute Gasteiger partial charge is 0.306 e. The fraction of sp³-hybridized carbons (Fsp3) is 0.500. The van der Waals surface area contributed by atoms with Crippen LogP contribution in [0.25, 0.3) is 0 Å². The SMILES string of the molecule is CCCc1cccc(C2(O)CC(C(=O)O)C2)c1. The molecule has 0 aliphatic heterocycles. The van der Waals surface area contributed by atoms with E-state index in [1.54, 1.807) is 0 Å². The number of carboxylic acid groups (broad SMARTS) is 1. The van der Waals surface area contributed by atoms with Gasteiger partial charge in [-0.2, -0.15) is 0 Å². The second kappa shape index (κ2) is 4.49. The lowest BCUT2D eigenvalue weighted by Crippen LogP contribution is -2.44. The van der Waals surface area contributed by atoms with Crippen LogP contribution in [0.1, 0.15) is 37.3 Å². The van der Waals surface area contributed by atoms with Gasteiger partial charge in [-0.25, -0.2) is 0 Å². The monoisotopic (exact) mass is 234 g/mol. The molecule has 92 valence electrons. The summed E-state index contributed by atoms with van der Waals surface area (Å²) in [4.78, 5) is 10.8. The Hall–Kier alpha value is -1.35. The Morgan fingerprint density at radius 2 is 2.18 bits per heavy atom. The average Bonchev–Trinajstić information content (AvgIpc) is 2.25. The van der Waals surface area contributed by atoms with Crippen molar-refractivity contribution in [1.29, 1.82) is 0 Å². The van der Waals surface area contributed by atoms with Gasteiger partial charge in [0.1, 0.15) is 0 Å². The van der Waals surface area contributed by atoms with Gasteiger partial charge >= 0.3 is 5.97 Å². The summed E-state index contributed by atoms with van der Waals surface area (Å²) in [6.45, 7) is 2.12. The summed E-state index contributed by atoms with van der Waals surface area (Å²) >= 11 is 0. The molecule has 1 fully saturated rings. The zero-order valence-corrected chi connectivity index (χ0v) is 10.0. The Morgan fingerprint density at radius 3 is 2.76 bits per heavy atom. The second-order valence-electron chi connectivity index (χ2n) is 4.93. The van der Waals surface area contributed by atoms with Gasteiger partial charge in [-0.05, 0) is 30.4 Å². The molecule has 1 saturated carbocycles. The first-order chi connectivity index (χ1) is 8.05. The molecule has 0 amide bonds. The van der Waals surface area contributed by atoms with Crippen LogP contribution in [0.5, 0.6) is 0 Å². The molecule has 0 bridgehead atoms. The zero-order chi connectivity index (χ0) is 12.5. The highest BCUT2D eigenvalue weighted by Crippen LogP contribution is 2.45. The second-order valence-corrected chi connectivity index (χ2v) is 4.93. The van der Waals surface area contributed by atoms with Crippen molar-refractivity contribution in [3.8, 4) is 0 Å². The first kappa shape index (κ1) is 12.1. The van der Waals surface area contributed by atoms with E-state index in [0.717, 1.165) is 18.4 Å². The van der Waals surface area contributed by atoms with Gasteiger partial charge in [0.25, 0.3) is 0 Å². The van der Waals surface area contributed by atoms with Gasteiger partial charge in [0.05, 0.1) is 11.5 Å². The number of aliphatic carboxylic acids is 1. The summed E-state index contributed by atoms with van der Waals surface area (Å²) in [6, 6.07) is 7.87. The van der Waals surface area contributed by atoms with Crippen molar-refractivity contribution in [2.45, 2.75) is 38.2 Å². The minimum atomic E-state index is -0.924. The van der Waals surface area contributed by atoms with E-state index in [1.165, 1.54) is 5.56 Å². The number of hydrogen-bond donors (Lipinski definition) is 2. The quantitative estimate of drug-likeness (QED) is 0.840. The lowest BCUT2D eigenvalue weighted by molar-refractivity contribution is -0.159. The van der Waals surface area contributed by atoms with Crippen LogP contribution in [0.15, 0.2) is 24.3 Å². The van der Waals surface area contributed by atoms with Crippen molar-refractivity contribution < 1.29 is 15.0 Å². The number of carbonyl (C=O) groups is 1. The van der Waals surface area contributed by atoms with Crippen LogP contribution in [0.4, 0.5) is 0 Å². The number of aryl methyl sites for hydroxylation is 1. The topological polar surface area (TPSA) is 57.5 Å². The van der Waals surface area contributed by atoms with Gasteiger partial charge in [-0.15, -0.1) is 0 Å². The lowest BCUT2D eigenvalue weighted by atomic mass is 9.67. The largest absolute Gasteiger partial charge is 0.481 e. The van der Waals surface area contributed by atoms with Crippen LogP contribution in [-0.4, -0.2) is 16.2 Å². The van der Waals surface area contributed by atoms with E-state index in [1.807, 2.05) is 24.3 Å². The minimum absolute atomic E-state index is 0.331. The zero-order valence-electron chi connectivity index (χ0n) is 10.0. The van der Waals surface area contributed by atoms with Crippen LogP contribution < -0.4 is 0 Å². The number of aliphatic hydroxyl groups is 1. The molecule has 0 spiro atoms. The summed E-state index contributed by atoms with van der Waals surface area (Å²) in [5.74, 6) is -1.20. The Balaban J connectivity index is 2.13. The van der Waals surface area contributed by atoms with Gasteiger partial charge in [0.2, 0.25) is 0 Å². The van der Waals surface area contributed by atoms with Gasteiger partial charge in [-0.3, -0.25) is 4.79 Å². The molecule has 0 saturated heterocycles. The summed E-state index contributed by atoms with van der Waals surface area (Å²) in [7, 11) is 0. The maximum absolute atomic E-state index is 10.8. The van der Waals surface area contributed by atoms with Crippen molar-refractivity contribution in [3.05, 3.63) is 35.4 Å². The van der Waals surface area contributed by atoms with Crippen molar-refractivity contribution in [2.75, 3.05) is 0 Å². The normalized spacial score (nSPS) is 27.5. The molecule has 1 aromatic rings. The molecule has 1 aliphatic carbocycles. The van der Waals surface area contributed by atoms with Crippen LogP contribution in [0.3, 0.4) is 0 Å². The van der Waals surface area contributed by atoms with E-state index in [4.69, 9.17) is 5.11 Å². The van der Waals surface area contributed by atoms with E-state index < -0.39 is 17.5 Å². The molecular weight excluding hydrogens is 216 g/mol. The molecule has 0 aromatic heterocycles. The Kier molecular flexibility index (Phi) is 3.20. The molecular formula is C14H18O3. The maximum atomic E-state index is 10.8. The fourth-order valence-electron chi connectivity index (χ4n) is 2.47. The summed E-state index contributed by atoms with van der Waals surface area (Å²) in [5.41, 5.74) is 1.14. The van der Waals surface area contributed by atoms with Crippen molar-refractivity contribution >= 4 is 5.97 Å². The predicted octanol–water partition coefficient (Wildman–Crippen LogP) is 2.32. The van der Waals surface area contributed by atoms with Gasteiger partial charge in [-0.1, -0.05) is 37.6 Å². The first-order valence-electron chi connectivity index (χ1n) is 6.10.